The van der Waals surface area contributed by atoms with Gasteiger partial charge in [0.15, 0.2) is 0 Å². The zero-order valence-electron chi connectivity index (χ0n) is 17.4. The van der Waals surface area contributed by atoms with Gasteiger partial charge in [0.05, 0.1) is 5.69 Å². The molecule has 0 saturated heterocycles. The van der Waals surface area contributed by atoms with Crippen molar-refractivity contribution in [2.24, 2.45) is 7.05 Å². The van der Waals surface area contributed by atoms with E-state index in [2.05, 4.69) is 24.0 Å². The number of hydrogen-bond acceptors (Lipinski definition) is 4. The van der Waals surface area contributed by atoms with E-state index in [1.165, 1.54) is 18.4 Å². The second-order valence-corrected chi connectivity index (χ2v) is 8.05. The lowest BCUT2D eigenvalue weighted by Gasteiger charge is -2.11. The number of carbonyl (C=O) groups is 1. The molecule has 2 N–H and O–H groups in total. The second kappa shape index (κ2) is 10.2. The highest BCUT2D eigenvalue weighted by molar-refractivity contribution is 7.99. The number of aromatic nitrogens is 2. The quantitative estimate of drug-likeness (QED) is 0.485. The Hall–Kier alpha value is -2.26. The van der Waals surface area contributed by atoms with Crippen LogP contribution in [0.25, 0.3) is 17.5 Å². The molecule has 0 unspecified atom stereocenters. The summed E-state index contributed by atoms with van der Waals surface area (Å²) >= 11 is 1.70. The van der Waals surface area contributed by atoms with Gasteiger partial charge in [-0.15, -0.1) is 11.8 Å². The van der Waals surface area contributed by atoms with E-state index in [9.17, 15) is 18.0 Å². The Balaban J connectivity index is 0.00000155. The number of hydrogen-bond donors (Lipinski definition) is 2. The number of amides is 1. The van der Waals surface area contributed by atoms with Crippen LogP contribution >= 0.6 is 11.8 Å². The Morgan fingerprint density at radius 2 is 2.03 bits per heavy atom. The minimum Gasteiger partial charge on any atom is -0.400 e. The van der Waals surface area contributed by atoms with Gasteiger partial charge in [-0.1, -0.05) is 13.0 Å². The Morgan fingerprint density at radius 3 is 2.57 bits per heavy atom. The SMILES string of the molecule is CCSc1cc(C2CC2)ccc1-c1nc(/C=C(\NC=O)C(F)(F)F)c(C)n1C.CO. The maximum Gasteiger partial charge on any atom is 0.431 e. The van der Waals surface area contributed by atoms with Crippen LogP contribution in [0.1, 0.15) is 42.6 Å². The van der Waals surface area contributed by atoms with E-state index in [0.29, 0.717) is 17.4 Å². The van der Waals surface area contributed by atoms with Crippen LogP contribution in [0.3, 0.4) is 0 Å². The molecular formula is C21H26F3N3O2S. The summed E-state index contributed by atoms with van der Waals surface area (Å²) in [7, 11) is 2.78. The fourth-order valence-corrected chi connectivity index (χ4v) is 3.90. The van der Waals surface area contributed by atoms with E-state index in [1.807, 2.05) is 6.07 Å². The van der Waals surface area contributed by atoms with E-state index in [1.54, 1.807) is 35.6 Å². The molecule has 5 nitrogen and oxygen atoms in total. The summed E-state index contributed by atoms with van der Waals surface area (Å²) in [6.07, 6.45) is -1.37. The van der Waals surface area contributed by atoms with Gasteiger partial charge in [0.25, 0.3) is 0 Å². The number of nitrogens with one attached hydrogen (secondary N) is 1. The smallest absolute Gasteiger partial charge is 0.400 e. The molecule has 0 atom stereocenters. The van der Waals surface area contributed by atoms with Crippen molar-refractivity contribution in [1.29, 1.82) is 0 Å². The molecule has 1 aliphatic rings. The average molecular weight is 442 g/mol. The van der Waals surface area contributed by atoms with Crippen LogP contribution in [0.4, 0.5) is 13.2 Å². The van der Waals surface area contributed by atoms with Crippen LogP contribution in [0, 0.1) is 6.92 Å². The normalized spacial score (nSPS) is 14.2. The van der Waals surface area contributed by atoms with Crippen molar-refractivity contribution in [3.63, 3.8) is 0 Å². The summed E-state index contributed by atoms with van der Waals surface area (Å²) in [5.74, 6) is 2.11. The van der Waals surface area contributed by atoms with Gasteiger partial charge in [-0.2, -0.15) is 13.2 Å². The highest BCUT2D eigenvalue weighted by atomic mass is 32.2. The van der Waals surface area contributed by atoms with Crippen molar-refractivity contribution < 1.29 is 23.1 Å². The lowest BCUT2D eigenvalue weighted by molar-refractivity contribution is -0.116. The van der Waals surface area contributed by atoms with Gasteiger partial charge >= 0.3 is 6.18 Å². The van der Waals surface area contributed by atoms with E-state index >= 15 is 0 Å². The van der Waals surface area contributed by atoms with Gasteiger partial charge in [0.1, 0.15) is 11.5 Å². The first-order chi connectivity index (χ1) is 14.3. The summed E-state index contributed by atoms with van der Waals surface area (Å²) in [5, 5.41) is 8.73. The monoisotopic (exact) mass is 441 g/mol. The molecule has 3 rings (SSSR count). The summed E-state index contributed by atoms with van der Waals surface area (Å²) in [6.45, 7) is 3.78. The third-order valence-electron chi connectivity index (χ3n) is 4.81. The van der Waals surface area contributed by atoms with Crippen molar-refractivity contribution in [1.82, 2.24) is 14.9 Å². The predicted molar refractivity (Wildman–Crippen MR) is 113 cm³/mol. The van der Waals surface area contributed by atoms with E-state index in [0.717, 1.165) is 29.4 Å². The third kappa shape index (κ3) is 5.46. The van der Waals surface area contributed by atoms with E-state index < -0.39 is 11.9 Å². The molecular weight excluding hydrogens is 415 g/mol. The molecule has 0 spiro atoms. The molecule has 1 saturated carbocycles. The van der Waals surface area contributed by atoms with E-state index in [-0.39, 0.29) is 12.1 Å². The molecule has 164 valence electrons. The fourth-order valence-electron chi connectivity index (χ4n) is 3.05. The number of allylic oxidation sites excluding steroid dienone is 1. The van der Waals surface area contributed by atoms with Crippen molar-refractivity contribution in [3.05, 3.63) is 40.8 Å². The van der Waals surface area contributed by atoms with Crippen LogP contribution in [0.5, 0.6) is 0 Å². The van der Waals surface area contributed by atoms with Crippen molar-refractivity contribution in [3.8, 4) is 11.4 Å². The maximum atomic E-state index is 13.1. The first kappa shape index (κ1) is 24.0. The predicted octanol–water partition coefficient (Wildman–Crippen LogP) is 4.64. The molecule has 1 aliphatic carbocycles. The Morgan fingerprint density at radius 1 is 1.37 bits per heavy atom. The van der Waals surface area contributed by atoms with Gasteiger partial charge in [-0.3, -0.25) is 4.79 Å². The zero-order chi connectivity index (χ0) is 22.5. The summed E-state index contributed by atoms with van der Waals surface area (Å²) in [5.41, 5.74) is 1.84. The summed E-state index contributed by atoms with van der Waals surface area (Å²) < 4.78 is 41.1. The average Bonchev–Trinajstić information content (AvgIpc) is 3.52. The number of thioether (sulfide) groups is 1. The molecule has 0 aliphatic heterocycles. The molecule has 0 bridgehead atoms. The lowest BCUT2D eigenvalue weighted by Crippen LogP contribution is -2.25. The maximum absolute atomic E-state index is 13.1. The van der Waals surface area contributed by atoms with Gasteiger partial charge in [-0.25, -0.2) is 4.98 Å². The van der Waals surface area contributed by atoms with Crippen molar-refractivity contribution >= 4 is 24.2 Å². The molecule has 1 heterocycles. The molecule has 1 fully saturated rings. The number of aliphatic hydroxyl groups excluding tert-OH is 1. The van der Waals surface area contributed by atoms with Crippen LogP contribution in [0.15, 0.2) is 28.8 Å². The molecule has 2 aromatic rings. The Kier molecular flexibility index (Phi) is 8.14. The number of aliphatic hydroxyl groups is 1. The van der Waals surface area contributed by atoms with Crippen LogP contribution in [0.2, 0.25) is 0 Å². The molecule has 30 heavy (non-hydrogen) atoms. The largest absolute Gasteiger partial charge is 0.431 e. The van der Waals surface area contributed by atoms with Gasteiger partial charge in [0.2, 0.25) is 6.41 Å². The zero-order valence-corrected chi connectivity index (χ0v) is 18.2. The molecule has 1 aromatic heterocycles. The highest BCUT2D eigenvalue weighted by Crippen LogP contribution is 2.43. The van der Waals surface area contributed by atoms with Crippen LogP contribution < -0.4 is 5.32 Å². The molecule has 1 aromatic carbocycles. The summed E-state index contributed by atoms with van der Waals surface area (Å²) in [6, 6.07) is 6.27. The number of alkyl halides is 3. The number of benzene rings is 1. The molecule has 0 radical (unpaired) electrons. The van der Waals surface area contributed by atoms with Gasteiger partial charge in [-0.05, 0) is 55.2 Å². The van der Waals surface area contributed by atoms with Crippen molar-refractivity contribution in [2.45, 2.75) is 43.7 Å². The standard InChI is InChI=1S/C20H22F3N3OS.CH4O/c1-4-28-17-9-14(13-5-6-13)7-8-15(17)19-25-16(12(2)26(19)3)10-18(24-11-27)20(21,22)23;1-2/h7-11,13H,4-6H2,1-3H3,(H,24,27);2H,1H3/b18-10-;. The summed E-state index contributed by atoms with van der Waals surface area (Å²) in [4.78, 5) is 16.1. The lowest BCUT2D eigenvalue weighted by atomic mass is 10.1. The van der Waals surface area contributed by atoms with Crippen LogP contribution in [-0.2, 0) is 11.8 Å². The number of carbonyl (C=O) groups excluding carboxylic acids is 1. The third-order valence-corrected chi connectivity index (χ3v) is 5.75. The number of rotatable bonds is 7. The number of halogens is 3. The first-order valence-electron chi connectivity index (χ1n) is 9.50. The second-order valence-electron chi connectivity index (χ2n) is 6.75. The Labute approximate surface area is 178 Å². The minimum absolute atomic E-state index is 0.0190. The highest BCUT2D eigenvalue weighted by Gasteiger charge is 2.34. The van der Waals surface area contributed by atoms with Gasteiger partial charge < -0.3 is 15.0 Å². The first-order valence-corrected chi connectivity index (χ1v) is 10.5. The number of nitrogens with zero attached hydrogens (tertiary/aromatic N) is 2. The van der Waals surface area contributed by atoms with Crippen LogP contribution in [-0.4, -0.2) is 40.1 Å². The Bertz CT molecular complexity index is 919. The van der Waals surface area contributed by atoms with E-state index in [4.69, 9.17) is 5.11 Å². The van der Waals surface area contributed by atoms with Crippen molar-refractivity contribution in [2.75, 3.05) is 12.9 Å². The topological polar surface area (TPSA) is 67.2 Å². The molecule has 1 amide bonds. The fraction of sp³-hybridized carbons (Fsp3) is 0.429. The van der Waals surface area contributed by atoms with Gasteiger partial charge in [0, 0.05) is 30.3 Å². The number of imidazole rings is 1. The molecule has 9 heteroatoms. The minimum atomic E-state index is -4.67.